The maximum absolute atomic E-state index is 11.8. The summed E-state index contributed by atoms with van der Waals surface area (Å²) in [6, 6.07) is 6.45. The number of thiazole rings is 1. The molecule has 6 nitrogen and oxygen atoms in total. The Bertz CT molecular complexity index is 666. The van der Waals surface area contributed by atoms with Gasteiger partial charge >= 0.3 is 6.03 Å². The van der Waals surface area contributed by atoms with Crippen molar-refractivity contribution >= 4 is 23.3 Å². The number of nitrogens with two attached hydrogens (primary N) is 1. The summed E-state index contributed by atoms with van der Waals surface area (Å²) < 4.78 is 0. The fourth-order valence-electron chi connectivity index (χ4n) is 1.91. The third kappa shape index (κ3) is 4.29. The molecule has 3 amide bonds. The van der Waals surface area contributed by atoms with Crippen molar-refractivity contribution in [1.29, 1.82) is 0 Å². The average molecular weight is 318 g/mol. The first-order valence-electron chi connectivity index (χ1n) is 6.81. The van der Waals surface area contributed by atoms with Crippen molar-refractivity contribution in [3.05, 3.63) is 40.2 Å². The van der Waals surface area contributed by atoms with E-state index in [0.29, 0.717) is 6.54 Å². The summed E-state index contributed by atoms with van der Waals surface area (Å²) in [6.45, 7) is 3.94. The van der Waals surface area contributed by atoms with E-state index in [1.165, 1.54) is 0 Å². The molecule has 1 atom stereocenters. The molecule has 116 valence electrons. The van der Waals surface area contributed by atoms with Crippen molar-refractivity contribution in [3.63, 3.8) is 0 Å². The molecule has 2 aromatic rings. The molecule has 0 spiro atoms. The van der Waals surface area contributed by atoms with Gasteiger partial charge in [0.25, 0.3) is 0 Å². The molecule has 1 heterocycles. The van der Waals surface area contributed by atoms with Crippen LogP contribution in [0.15, 0.2) is 29.6 Å². The van der Waals surface area contributed by atoms with Crippen LogP contribution in [0.5, 0.6) is 0 Å². The lowest BCUT2D eigenvalue weighted by Gasteiger charge is -2.12. The Hall–Kier alpha value is -2.41. The van der Waals surface area contributed by atoms with Gasteiger partial charge in [0.15, 0.2) is 0 Å². The van der Waals surface area contributed by atoms with Crippen LogP contribution in [0.3, 0.4) is 0 Å². The predicted octanol–water partition coefficient (Wildman–Crippen LogP) is 1.79. The predicted molar refractivity (Wildman–Crippen MR) is 86.3 cm³/mol. The summed E-state index contributed by atoms with van der Waals surface area (Å²) in [5, 5.41) is 8.12. The van der Waals surface area contributed by atoms with Gasteiger partial charge in [-0.05, 0) is 19.4 Å². The molecule has 7 heteroatoms. The highest BCUT2D eigenvalue weighted by Gasteiger charge is 2.13. The van der Waals surface area contributed by atoms with Gasteiger partial charge < -0.3 is 16.4 Å². The lowest BCUT2D eigenvalue weighted by molar-refractivity contribution is -0.122. The van der Waals surface area contributed by atoms with Crippen LogP contribution >= 0.6 is 11.3 Å². The van der Waals surface area contributed by atoms with Crippen molar-refractivity contribution < 1.29 is 9.59 Å². The van der Waals surface area contributed by atoms with Crippen molar-refractivity contribution in [1.82, 2.24) is 15.6 Å². The summed E-state index contributed by atoms with van der Waals surface area (Å²) in [7, 11) is 0. The van der Waals surface area contributed by atoms with Gasteiger partial charge in [0, 0.05) is 17.5 Å². The van der Waals surface area contributed by atoms with Crippen LogP contribution in [-0.4, -0.2) is 23.0 Å². The van der Waals surface area contributed by atoms with Crippen LogP contribution in [0.1, 0.15) is 17.5 Å². The smallest absolute Gasteiger partial charge is 0.312 e. The first kappa shape index (κ1) is 16.0. The number of amides is 3. The number of carbonyl (C=O) groups is 2. The van der Waals surface area contributed by atoms with E-state index in [2.05, 4.69) is 15.6 Å². The molecule has 2 rings (SSSR count). The quantitative estimate of drug-likeness (QED) is 0.784. The summed E-state index contributed by atoms with van der Waals surface area (Å²) in [5.41, 5.74) is 7.95. The molecule has 0 aliphatic heterocycles. The summed E-state index contributed by atoms with van der Waals surface area (Å²) in [5.74, 6) is -0.280. The Morgan fingerprint density at radius 3 is 2.55 bits per heavy atom. The molecule has 0 unspecified atom stereocenters. The van der Waals surface area contributed by atoms with Crippen LogP contribution in [0.2, 0.25) is 0 Å². The van der Waals surface area contributed by atoms with Crippen molar-refractivity contribution in [2.75, 3.05) is 0 Å². The van der Waals surface area contributed by atoms with E-state index < -0.39 is 12.1 Å². The summed E-state index contributed by atoms with van der Waals surface area (Å²) in [4.78, 5) is 26.9. The number of nitrogens with one attached hydrogen (secondary N) is 2. The minimum Gasteiger partial charge on any atom is -0.352 e. The van der Waals surface area contributed by atoms with Gasteiger partial charge in [-0.1, -0.05) is 24.3 Å². The number of rotatable bonds is 5. The number of hydrogen-bond acceptors (Lipinski definition) is 4. The molecule has 0 radical (unpaired) electrons. The van der Waals surface area contributed by atoms with E-state index in [1.54, 1.807) is 18.3 Å². The first-order valence-corrected chi connectivity index (χ1v) is 7.69. The molecule has 1 aromatic carbocycles. The van der Waals surface area contributed by atoms with Crippen molar-refractivity contribution in [2.45, 2.75) is 26.4 Å². The largest absolute Gasteiger partial charge is 0.352 e. The number of primary amides is 1. The highest BCUT2D eigenvalue weighted by atomic mass is 32.1. The standard InChI is InChI=1S/C15H18N4O2S/c1-9(18-15(16)21)14(20)17-7-11-3-5-12(6-4-11)13-8-22-10(2)19-13/h3-6,8-9H,7H2,1-2H3,(H,17,20)(H3,16,18,21)/t9-/m1/s1. The molecule has 0 saturated heterocycles. The van der Waals surface area contributed by atoms with Crippen LogP contribution in [0.4, 0.5) is 4.79 Å². The maximum atomic E-state index is 11.8. The zero-order chi connectivity index (χ0) is 16.1. The number of urea groups is 1. The SMILES string of the molecule is Cc1nc(-c2ccc(CNC(=O)[C@@H](C)NC(N)=O)cc2)cs1. The Labute approximate surface area is 132 Å². The number of aryl methyl sites for hydroxylation is 1. The normalized spacial score (nSPS) is 11.7. The van der Waals surface area contributed by atoms with E-state index in [1.807, 2.05) is 36.6 Å². The van der Waals surface area contributed by atoms with Gasteiger partial charge in [-0.15, -0.1) is 11.3 Å². The number of carbonyl (C=O) groups excluding carboxylic acids is 2. The van der Waals surface area contributed by atoms with E-state index >= 15 is 0 Å². The van der Waals surface area contributed by atoms with Crippen molar-refractivity contribution in [3.8, 4) is 11.3 Å². The van der Waals surface area contributed by atoms with Crippen LogP contribution in [0, 0.1) is 6.92 Å². The average Bonchev–Trinajstić information content (AvgIpc) is 2.91. The zero-order valence-electron chi connectivity index (χ0n) is 12.4. The lowest BCUT2D eigenvalue weighted by Crippen LogP contribution is -2.46. The Morgan fingerprint density at radius 1 is 1.32 bits per heavy atom. The fourth-order valence-corrected chi connectivity index (χ4v) is 2.53. The minimum atomic E-state index is -0.717. The second kappa shape index (κ2) is 7.04. The zero-order valence-corrected chi connectivity index (χ0v) is 13.2. The number of aromatic nitrogens is 1. The summed E-state index contributed by atoms with van der Waals surface area (Å²) in [6.07, 6.45) is 0. The van der Waals surface area contributed by atoms with Gasteiger partial charge in [0.05, 0.1) is 10.7 Å². The van der Waals surface area contributed by atoms with E-state index in [9.17, 15) is 9.59 Å². The van der Waals surface area contributed by atoms with Crippen LogP contribution in [0.25, 0.3) is 11.3 Å². The molecule has 0 saturated carbocycles. The van der Waals surface area contributed by atoms with Gasteiger partial charge in [-0.3, -0.25) is 4.79 Å². The second-order valence-corrected chi connectivity index (χ2v) is 5.96. The molecule has 22 heavy (non-hydrogen) atoms. The third-order valence-electron chi connectivity index (χ3n) is 3.09. The van der Waals surface area contributed by atoms with Crippen molar-refractivity contribution in [2.24, 2.45) is 5.73 Å². The van der Waals surface area contributed by atoms with Crippen LogP contribution in [-0.2, 0) is 11.3 Å². The molecule has 0 fully saturated rings. The Balaban J connectivity index is 1.91. The molecular formula is C15H18N4O2S. The molecule has 1 aromatic heterocycles. The van der Waals surface area contributed by atoms with Crippen LogP contribution < -0.4 is 16.4 Å². The number of benzene rings is 1. The maximum Gasteiger partial charge on any atom is 0.312 e. The fraction of sp³-hybridized carbons (Fsp3) is 0.267. The molecule has 0 aliphatic carbocycles. The molecule has 0 bridgehead atoms. The number of nitrogens with zero attached hydrogens (tertiary/aromatic N) is 1. The lowest BCUT2D eigenvalue weighted by atomic mass is 10.1. The Kier molecular flexibility index (Phi) is 5.11. The second-order valence-electron chi connectivity index (χ2n) is 4.90. The number of hydrogen-bond donors (Lipinski definition) is 3. The minimum absolute atomic E-state index is 0.280. The van der Waals surface area contributed by atoms with E-state index in [4.69, 9.17) is 5.73 Å². The third-order valence-corrected chi connectivity index (χ3v) is 3.86. The summed E-state index contributed by atoms with van der Waals surface area (Å²) >= 11 is 1.61. The highest BCUT2D eigenvalue weighted by Crippen LogP contribution is 2.21. The topological polar surface area (TPSA) is 97.1 Å². The van der Waals surface area contributed by atoms with Gasteiger partial charge in [-0.2, -0.15) is 0 Å². The first-order chi connectivity index (χ1) is 10.5. The highest BCUT2D eigenvalue weighted by molar-refractivity contribution is 7.09. The Morgan fingerprint density at radius 2 is 2.00 bits per heavy atom. The van der Waals surface area contributed by atoms with Gasteiger partial charge in [-0.25, -0.2) is 9.78 Å². The molecule has 4 N–H and O–H groups in total. The van der Waals surface area contributed by atoms with Gasteiger partial charge in [0.1, 0.15) is 6.04 Å². The van der Waals surface area contributed by atoms with E-state index in [-0.39, 0.29) is 5.91 Å². The monoisotopic (exact) mass is 318 g/mol. The van der Waals surface area contributed by atoms with Gasteiger partial charge in [0.2, 0.25) is 5.91 Å². The molecule has 0 aliphatic rings. The molecular weight excluding hydrogens is 300 g/mol. The van der Waals surface area contributed by atoms with E-state index in [0.717, 1.165) is 21.8 Å².